The highest BCUT2D eigenvalue weighted by atomic mass is 32.1. The van der Waals surface area contributed by atoms with Crippen molar-refractivity contribution in [2.45, 2.75) is 11.5 Å². The molecular weight excluding hydrogens is 260 g/mol. The fourth-order valence-electron chi connectivity index (χ4n) is 1.55. The molecule has 0 saturated carbocycles. The molecule has 4 heteroatoms. The number of carbonyl (C=O) groups excluding carboxylic acids is 1. The van der Waals surface area contributed by atoms with Crippen molar-refractivity contribution in [3.8, 4) is 5.75 Å². The van der Waals surface area contributed by atoms with Gasteiger partial charge in [-0.05, 0) is 42.0 Å². The zero-order chi connectivity index (χ0) is 13.7. The largest absolute Gasteiger partial charge is 0.497 e. The molecule has 0 unspecified atom stereocenters. The quantitative estimate of drug-likeness (QED) is 0.686. The van der Waals surface area contributed by atoms with Crippen molar-refractivity contribution in [2.24, 2.45) is 0 Å². The van der Waals surface area contributed by atoms with Crippen LogP contribution < -0.4 is 4.74 Å². The summed E-state index contributed by atoms with van der Waals surface area (Å²) in [6.45, 7) is 0.242. The third-order valence-electron chi connectivity index (χ3n) is 2.63. The van der Waals surface area contributed by atoms with Crippen LogP contribution in [0.15, 0.2) is 53.4 Å². The lowest BCUT2D eigenvalue weighted by Gasteiger charge is -2.06. The van der Waals surface area contributed by atoms with Crippen LogP contribution in [-0.4, -0.2) is 13.1 Å². The highest BCUT2D eigenvalue weighted by molar-refractivity contribution is 7.80. The molecule has 0 aliphatic heterocycles. The van der Waals surface area contributed by atoms with Gasteiger partial charge in [-0.15, -0.1) is 12.6 Å². The Balaban J connectivity index is 1.94. The highest BCUT2D eigenvalue weighted by Crippen LogP contribution is 2.13. The summed E-state index contributed by atoms with van der Waals surface area (Å²) in [5, 5.41) is 0. The molecule has 98 valence electrons. The molecule has 0 amide bonds. The molecule has 19 heavy (non-hydrogen) atoms. The van der Waals surface area contributed by atoms with Crippen molar-refractivity contribution in [1.29, 1.82) is 0 Å². The number of methoxy groups -OCH3 is 1. The Morgan fingerprint density at radius 3 is 2.26 bits per heavy atom. The lowest BCUT2D eigenvalue weighted by molar-refractivity contribution is 0.0472. The van der Waals surface area contributed by atoms with Crippen molar-refractivity contribution in [3.05, 3.63) is 59.7 Å². The van der Waals surface area contributed by atoms with Crippen LogP contribution in [0.3, 0.4) is 0 Å². The number of hydrogen-bond donors (Lipinski definition) is 1. The fraction of sp³-hybridized carbons (Fsp3) is 0.133. The molecule has 0 atom stereocenters. The minimum atomic E-state index is -0.343. The Morgan fingerprint density at radius 1 is 1.05 bits per heavy atom. The average Bonchev–Trinajstić information content (AvgIpc) is 2.46. The van der Waals surface area contributed by atoms with Crippen molar-refractivity contribution in [3.63, 3.8) is 0 Å². The van der Waals surface area contributed by atoms with E-state index in [9.17, 15) is 4.79 Å². The molecule has 0 fully saturated rings. The lowest BCUT2D eigenvalue weighted by atomic mass is 10.2. The van der Waals surface area contributed by atoms with Gasteiger partial charge in [-0.2, -0.15) is 0 Å². The zero-order valence-electron chi connectivity index (χ0n) is 10.5. The first kappa shape index (κ1) is 13.5. The Labute approximate surface area is 117 Å². The van der Waals surface area contributed by atoms with E-state index in [1.165, 1.54) is 0 Å². The molecule has 0 heterocycles. The summed E-state index contributed by atoms with van der Waals surface area (Å²) >= 11 is 4.16. The number of carbonyl (C=O) groups is 1. The van der Waals surface area contributed by atoms with Gasteiger partial charge in [-0.3, -0.25) is 0 Å². The maximum Gasteiger partial charge on any atom is 0.338 e. The summed E-state index contributed by atoms with van der Waals surface area (Å²) in [6, 6.07) is 14.3. The first-order chi connectivity index (χ1) is 9.19. The van der Waals surface area contributed by atoms with Gasteiger partial charge in [0.15, 0.2) is 0 Å². The van der Waals surface area contributed by atoms with Crippen molar-refractivity contribution in [1.82, 2.24) is 0 Å². The van der Waals surface area contributed by atoms with Crippen molar-refractivity contribution >= 4 is 18.6 Å². The van der Waals surface area contributed by atoms with Crippen LogP contribution in [0.5, 0.6) is 5.75 Å². The van der Waals surface area contributed by atoms with Gasteiger partial charge in [0.1, 0.15) is 12.4 Å². The molecule has 2 aromatic rings. The summed E-state index contributed by atoms with van der Waals surface area (Å²) in [5.74, 6) is 0.434. The molecule has 0 spiro atoms. The standard InChI is InChI=1S/C15H14O3S/c1-17-13-6-2-11(3-7-13)10-18-15(16)12-4-8-14(19)9-5-12/h2-9,19H,10H2,1H3. The first-order valence-electron chi connectivity index (χ1n) is 5.78. The summed E-state index contributed by atoms with van der Waals surface area (Å²) in [4.78, 5) is 12.6. The molecule has 2 rings (SSSR count). The smallest absolute Gasteiger partial charge is 0.338 e. The van der Waals surface area contributed by atoms with Gasteiger partial charge in [-0.25, -0.2) is 4.79 Å². The van der Waals surface area contributed by atoms with E-state index in [1.54, 1.807) is 31.4 Å². The van der Waals surface area contributed by atoms with Crippen LogP contribution in [0.25, 0.3) is 0 Å². The summed E-state index contributed by atoms with van der Waals surface area (Å²) < 4.78 is 10.3. The Hall–Kier alpha value is -1.94. The number of esters is 1. The fourth-order valence-corrected chi connectivity index (χ4v) is 1.70. The molecule has 0 aromatic heterocycles. The highest BCUT2D eigenvalue weighted by Gasteiger charge is 2.06. The van der Waals surface area contributed by atoms with Gasteiger partial charge in [0, 0.05) is 4.90 Å². The minimum absolute atomic E-state index is 0.242. The number of ether oxygens (including phenoxy) is 2. The van der Waals surface area contributed by atoms with Gasteiger partial charge >= 0.3 is 5.97 Å². The van der Waals surface area contributed by atoms with Gasteiger partial charge in [-0.1, -0.05) is 12.1 Å². The number of hydrogen-bond acceptors (Lipinski definition) is 4. The molecule has 0 aliphatic carbocycles. The number of thiol groups is 1. The third-order valence-corrected chi connectivity index (χ3v) is 2.93. The Bertz CT molecular complexity index is 547. The first-order valence-corrected chi connectivity index (χ1v) is 6.23. The van der Waals surface area contributed by atoms with Crippen LogP contribution in [0, 0.1) is 0 Å². The van der Waals surface area contributed by atoms with Crippen molar-refractivity contribution < 1.29 is 14.3 Å². The Kier molecular flexibility index (Phi) is 4.47. The van der Waals surface area contributed by atoms with Crippen LogP contribution in [0.2, 0.25) is 0 Å². The molecule has 0 bridgehead atoms. The van der Waals surface area contributed by atoms with Gasteiger partial charge in [0.05, 0.1) is 12.7 Å². The molecule has 2 aromatic carbocycles. The molecule has 0 aliphatic rings. The van der Waals surface area contributed by atoms with Gasteiger partial charge in [0.25, 0.3) is 0 Å². The molecular formula is C15H14O3S. The average molecular weight is 274 g/mol. The lowest BCUT2D eigenvalue weighted by Crippen LogP contribution is -2.04. The van der Waals surface area contributed by atoms with E-state index in [4.69, 9.17) is 9.47 Å². The summed E-state index contributed by atoms with van der Waals surface area (Å²) in [7, 11) is 1.61. The van der Waals surface area contributed by atoms with E-state index in [0.29, 0.717) is 5.56 Å². The second kappa shape index (κ2) is 6.29. The molecule has 0 N–H and O–H groups in total. The second-order valence-corrected chi connectivity index (χ2v) is 4.49. The maximum absolute atomic E-state index is 11.8. The normalized spacial score (nSPS) is 10.0. The van der Waals surface area contributed by atoms with E-state index in [0.717, 1.165) is 16.2 Å². The van der Waals surface area contributed by atoms with Crippen LogP contribution in [0.1, 0.15) is 15.9 Å². The summed E-state index contributed by atoms with van der Waals surface area (Å²) in [5.41, 5.74) is 1.44. The third kappa shape index (κ3) is 3.76. The number of benzene rings is 2. The van der Waals surface area contributed by atoms with Gasteiger partial charge < -0.3 is 9.47 Å². The predicted molar refractivity (Wildman–Crippen MR) is 75.8 cm³/mol. The SMILES string of the molecule is COc1ccc(COC(=O)c2ccc(S)cc2)cc1. The van der Waals surface area contributed by atoms with Gasteiger partial charge in [0.2, 0.25) is 0 Å². The topological polar surface area (TPSA) is 35.5 Å². The van der Waals surface area contributed by atoms with E-state index in [2.05, 4.69) is 12.6 Å². The molecule has 0 saturated heterocycles. The monoisotopic (exact) mass is 274 g/mol. The number of rotatable bonds is 4. The zero-order valence-corrected chi connectivity index (χ0v) is 11.4. The van der Waals surface area contributed by atoms with E-state index >= 15 is 0 Å². The second-order valence-electron chi connectivity index (χ2n) is 3.97. The van der Waals surface area contributed by atoms with E-state index in [-0.39, 0.29) is 12.6 Å². The maximum atomic E-state index is 11.8. The van der Waals surface area contributed by atoms with E-state index < -0.39 is 0 Å². The van der Waals surface area contributed by atoms with E-state index in [1.807, 2.05) is 24.3 Å². The summed E-state index contributed by atoms with van der Waals surface area (Å²) in [6.07, 6.45) is 0. The van der Waals surface area contributed by atoms with Crippen LogP contribution in [-0.2, 0) is 11.3 Å². The predicted octanol–water partition coefficient (Wildman–Crippen LogP) is 3.34. The molecule has 0 radical (unpaired) electrons. The van der Waals surface area contributed by atoms with Crippen molar-refractivity contribution in [2.75, 3.05) is 7.11 Å². The minimum Gasteiger partial charge on any atom is -0.497 e. The van der Waals surface area contributed by atoms with Crippen LogP contribution >= 0.6 is 12.6 Å². The molecule has 3 nitrogen and oxygen atoms in total. The van der Waals surface area contributed by atoms with Crippen LogP contribution in [0.4, 0.5) is 0 Å². The Morgan fingerprint density at radius 2 is 1.68 bits per heavy atom.